The Labute approximate surface area is 119 Å². The molecular weight excluding hydrogens is 284 g/mol. The highest BCUT2D eigenvalue weighted by Gasteiger charge is 2.13. The van der Waals surface area contributed by atoms with E-state index in [4.69, 9.17) is 22.2 Å². The van der Waals surface area contributed by atoms with E-state index in [1.165, 1.54) is 12.1 Å². The zero-order chi connectivity index (χ0) is 14.7. The number of aryl methyl sites for hydroxylation is 1. The molecule has 0 unspecified atom stereocenters. The number of ether oxygens (including phenoxy) is 1. The van der Waals surface area contributed by atoms with Crippen LogP contribution >= 0.6 is 11.6 Å². The molecule has 0 fully saturated rings. The normalized spacial score (nSPS) is 10.2. The summed E-state index contributed by atoms with van der Waals surface area (Å²) < 4.78 is 5.53. The molecule has 0 atom stereocenters. The number of nitro groups is 1. The first-order valence-corrected chi connectivity index (χ1v) is 5.94. The fourth-order valence-corrected chi connectivity index (χ4v) is 1.68. The van der Waals surface area contributed by atoms with E-state index in [1.807, 2.05) is 6.92 Å². The van der Waals surface area contributed by atoms with Gasteiger partial charge in [-0.1, -0.05) is 17.7 Å². The number of rotatable bonds is 4. The fraction of sp³-hybridized carbons (Fsp3) is 0.0833. The molecule has 0 aliphatic rings. The van der Waals surface area contributed by atoms with Gasteiger partial charge < -0.3 is 10.2 Å². The highest BCUT2D eigenvalue weighted by molar-refractivity contribution is 6.30. The number of pyridine rings is 1. The van der Waals surface area contributed by atoms with Crippen molar-refractivity contribution < 1.29 is 9.66 Å². The first-order valence-electron chi connectivity index (χ1n) is 5.56. The van der Waals surface area contributed by atoms with Gasteiger partial charge in [0, 0.05) is 5.02 Å². The molecule has 0 saturated heterocycles. The summed E-state index contributed by atoms with van der Waals surface area (Å²) in [5.74, 6) is 5.88. The quantitative estimate of drug-likeness (QED) is 0.510. The number of nitrogens with one attached hydrogen (secondary N) is 1. The van der Waals surface area contributed by atoms with Crippen molar-refractivity contribution in [1.82, 2.24) is 4.98 Å². The number of hydrazine groups is 1. The third kappa shape index (κ3) is 3.14. The molecule has 0 aliphatic carbocycles. The van der Waals surface area contributed by atoms with Crippen LogP contribution in [0.15, 0.2) is 30.3 Å². The number of nitrogens with zero attached hydrogens (tertiary/aromatic N) is 2. The number of hydrogen-bond donors (Lipinski definition) is 2. The molecule has 7 nitrogen and oxygen atoms in total. The van der Waals surface area contributed by atoms with Crippen LogP contribution in [0, 0.1) is 17.0 Å². The zero-order valence-electron chi connectivity index (χ0n) is 10.5. The van der Waals surface area contributed by atoms with Gasteiger partial charge in [-0.2, -0.15) is 4.98 Å². The van der Waals surface area contributed by atoms with Gasteiger partial charge in [0.1, 0.15) is 5.75 Å². The average molecular weight is 295 g/mol. The first kappa shape index (κ1) is 14.0. The molecule has 2 aromatic rings. The highest BCUT2D eigenvalue weighted by atomic mass is 35.5. The summed E-state index contributed by atoms with van der Waals surface area (Å²) in [5, 5.41) is 11.3. The molecule has 0 spiro atoms. The molecular formula is C12H11ClN4O3. The van der Waals surface area contributed by atoms with Crippen molar-refractivity contribution in [3.05, 3.63) is 51.0 Å². The summed E-state index contributed by atoms with van der Waals surface area (Å²) in [7, 11) is 0. The smallest absolute Gasteiger partial charge is 0.278 e. The highest BCUT2D eigenvalue weighted by Crippen LogP contribution is 2.29. The minimum absolute atomic E-state index is 0.0533. The number of hydrogen-bond acceptors (Lipinski definition) is 6. The molecule has 1 aromatic carbocycles. The van der Waals surface area contributed by atoms with E-state index in [-0.39, 0.29) is 17.4 Å². The Bertz CT molecular complexity index is 663. The average Bonchev–Trinajstić information content (AvgIpc) is 2.42. The third-order valence-corrected chi connectivity index (χ3v) is 2.75. The number of anilines is 1. The van der Waals surface area contributed by atoms with E-state index in [9.17, 15) is 10.1 Å². The van der Waals surface area contributed by atoms with E-state index >= 15 is 0 Å². The SMILES string of the molecule is Cc1ccc(Cl)cc1Oc1cc([N+](=O)[O-])cc(NN)n1. The number of aromatic nitrogens is 1. The van der Waals surface area contributed by atoms with Crippen molar-refractivity contribution in [3.8, 4) is 11.6 Å². The van der Waals surface area contributed by atoms with Crippen LogP contribution in [0.4, 0.5) is 11.5 Å². The Morgan fingerprint density at radius 3 is 2.80 bits per heavy atom. The molecule has 8 heteroatoms. The molecule has 0 amide bonds. The maximum Gasteiger partial charge on any atom is 0.278 e. The van der Waals surface area contributed by atoms with Crippen LogP contribution in [-0.2, 0) is 0 Å². The van der Waals surface area contributed by atoms with Crippen LogP contribution in [0.5, 0.6) is 11.6 Å². The summed E-state index contributed by atoms with van der Waals surface area (Å²) in [5.41, 5.74) is 2.90. The van der Waals surface area contributed by atoms with Crippen molar-refractivity contribution in [2.24, 2.45) is 5.84 Å². The fourth-order valence-electron chi connectivity index (χ4n) is 1.52. The standard InChI is InChI=1S/C12H11ClN4O3/c1-7-2-3-8(13)4-10(7)20-12-6-9(17(18)19)5-11(15-12)16-14/h2-6H,14H2,1H3,(H,15,16). The van der Waals surface area contributed by atoms with Crippen LogP contribution in [0.2, 0.25) is 5.02 Å². The predicted octanol–water partition coefficient (Wildman–Crippen LogP) is 3.03. The Balaban J connectivity index is 2.39. The van der Waals surface area contributed by atoms with Crippen molar-refractivity contribution >= 4 is 23.1 Å². The molecule has 0 bridgehead atoms. The number of benzene rings is 1. The van der Waals surface area contributed by atoms with E-state index < -0.39 is 4.92 Å². The van der Waals surface area contributed by atoms with Gasteiger partial charge in [-0.3, -0.25) is 10.1 Å². The van der Waals surface area contributed by atoms with Crippen LogP contribution < -0.4 is 16.0 Å². The van der Waals surface area contributed by atoms with Gasteiger partial charge in [-0.05, 0) is 24.6 Å². The lowest BCUT2D eigenvalue weighted by Gasteiger charge is -2.09. The number of halogens is 1. The second-order valence-corrected chi connectivity index (χ2v) is 4.40. The maximum atomic E-state index is 10.8. The summed E-state index contributed by atoms with van der Waals surface area (Å²) >= 11 is 5.88. The Morgan fingerprint density at radius 2 is 2.15 bits per heavy atom. The topological polar surface area (TPSA) is 103 Å². The van der Waals surface area contributed by atoms with Gasteiger partial charge in [-0.15, -0.1) is 0 Å². The van der Waals surface area contributed by atoms with Gasteiger partial charge in [0.05, 0.1) is 17.1 Å². The van der Waals surface area contributed by atoms with Crippen LogP contribution in [0.3, 0.4) is 0 Å². The largest absolute Gasteiger partial charge is 0.438 e. The van der Waals surface area contributed by atoms with Gasteiger partial charge in [0.15, 0.2) is 5.82 Å². The second-order valence-electron chi connectivity index (χ2n) is 3.96. The van der Waals surface area contributed by atoms with Gasteiger partial charge in [-0.25, -0.2) is 5.84 Å². The van der Waals surface area contributed by atoms with Gasteiger partial charge in [0.25, 0.3) is 5.69 Å². The molecule has 3 N–H and O–H groups in total. The maximum absolute atomic E-state index is 10.8. The Morgan fingerprint density at radius 1 is 1.40 bits per heavy atom. The Hall–Kier alpha value is -2.38. The lowest BCUT2D eigenvalue weighted by molar-refractivity contribution is -0.384. The lowest BCUT2D eigenvalue weighted by Crippen LogP contribution is -2.09. The molecule has 0 saturated carbocycles. The van der Waals surface area contributed by atoms with Gasteiger partial charge in [0.2, 0.25) is 5.88 Å². The Kier molecular flexibility index (Phi) is 4.02. The van der Waals surface area contributed by atoms with Crippen LogP contribution in [0.1, 0.15) is 5.56 Å². The van der Waals surface area contributed by atoms with Crippen molar-refractivity contribution in [2.45, 2.75) is 6.92 Å². The van der Waals surface area contributed by atoms with Crippen LogP contribution in [0.25, 0.3) is 0 Å². The van der Waals surface area contributed by atoms with E-state index in [0.717, 1.165) is 5.56 Å². The summed E-state index contributed by atoms with van der Waals surface area (Å²) in [6, 6.07) is 7.51. The molecule has 0 radical (unpaired) electrons. The molecule has 20 heavy (non-hydrogen) atoms. The summed E-state index contributed by atoms with van der Waals surface area (Å²) in [6.07, 6.45) is 0. The first-order chi connectivity index (χ1) is 9.49. The molecule has 1 heterocycles. The number of nitrogens with two attached hydrogens (primary N) is 1. The summed E-state index contributed by atoms with van der Waals surface area (Å²) in [6.45, 7) is 1.82. The van der Waals surface area contributed by atoms with Crippen molar-refractivity contribution in [2.75, 3.05) is 5.43 Å². The predicted molar refractivity (Wildman–Crippen MR) is 75.0 cm³/mol. The van der Waals surface area contributed by atoms with E-state index in [2.05, 4.69) is 10.4 Å². The third-order valence-electron chi connectivity index (χ3n) is 2.51. The molecule has 0 aliphatic heterocycles. The minimum atomic E-state index is -0.555. The van der Waals surface area contributed by atoms with E-state index in [1.54, 1.807) is 18.2 Å². The lowest BCUT2D eigenvalue weighted by atomic mass is 10.2. The van der Waals surface area contributed by atoms with Crippen molar-refractivity contribution in [1.29, 1.82) is 0 Å². The van der Waals surface area contributed by atoms with E-state index in [0.29, 0.717) is 10.8 Å². The molecule has 2 rings (SSSR count). The number of nitrogen functional groups attached to an aromatic ring is 1. The zero-order valence-corrected chi connectivity index (χ0v) is 11.2. The molecule has 104 valence electrons. The monoisotopic (exact) mass is 294 g/mol. The summed E-state index contributed by atoms with van der Waals surface area (Å²) in [4.78, 5) is 14.3. The minimum Gasteiger partial charge on any atom is -0.438 e. The second kappa shape index (κ2) is 5.72. The molecule has 1 aromatic heterocycles. The van der Waals surface area contributed by atoms with Gasteiger partial charge >= 0.3 is 0 Å². The van der Waals surface area contributed by atoms with Crippen LogP contribution in [-0.4, -0.2) is 9.91 Å². The van der Waals surface area contributed by atoms with Crippen molar-refractivity contribution in [3.63, 3.8) is 0 Å².